The van der Waals surface area contributed by atoms with E-state index in [4.69, 9.17) is 15.6 Å². The van der Waals surface area contributed by atoms with Gasteiger partial charge in [-0.3, -0.25) is 14.3 Å². The minimum Gasteiger partial charge on any atom is -0.394 e. The van der Waals surface area contributed by atoms with Gasteiger partial charge in [0, 0.05) is 0 Å². The molecular weight excluding hydrogens is 282 g/mol. The molecule has 0 bridgehead atoms. The molecule has 1 saturated heterocycles. The monoisotopic (exact) mass is 298 g/mol. The van der Waals surface area contributed by atoms with Crippen LogP contribution in [-0.2, 0) is 11.8 Å². The molecule has 10 nitrogen and oxygen atoms in total. The van der Waals surface area contributed by atoms with Gasteiger partial charge < -0.3 is 25.8 Å². The Morgan fingerprint density at radius 3 is 2.86 bits per heavy atom. The van der Waals surface area contributed by atoms with Crippen LogP contribution in [0.3, 0.4) is 0 Å². The third-order valence-corrected chi connectivity index (χ3v) is 3.58. The van der Waals surface area contributed by atoms with Crippen molar-refractivity contribution in [2.24, 2.45) is 7.05 Å². The van der Waals surface area contributed by atoms with E-state index in [1.165, 1.54) is 15.5 Å². The van der Waals surface area contributed by atoms with Crippen molar-refractivity contribution in [2.75, 3.05) is 12.3 Å². The number of aromatic nitrogens is 4. The fraction of sp³-hybridized carbons (Fsp3) is 0.545. The summed E-state index contributed by atoms with van der Waals surface area (Å²) in [5.74, 6) is -0.0702. The maximum atomic E-state index is 11.9. The van der Waals surface area contributed by atoms with E-state index >= 15 is 0 Å². The van der Waals surface area contributed by atoms with E-state index in [-0.39, 0.29) is 17.1 Å². The lowest BCUT2D eigenvalue weighted by Gasteiger charge is -2.11. The second-order valence-corrected chi connectivity index (χ2v) is 4.99. The predicted octanol–water partition coefficient (Wildman–Crippen LogP) is -3.26. The Bertz CT molecular complexity index is 740. The molecule has 0 amide bonds. The molecule has 0 unspecified atom stereocenters. The Morgan fingerprint density at radius 2 is 2.24 bits per heavy atom. The normalized spacial score (nSPS) is 29.3. The first-order valence-electron chi connectivity index (χ1n) is 6.32. The largest absolute Gasteiger partial charge is 0.394 e. The number of aliphatic hydroxyl groups excluding tert-OH is 3. The Kier molecular flexibility index (Phi) is 3.17. The number of nitrogens with one attached hydrogen (secondary N) is 1. The highest BCUT2D eigenvalue weighted by Crippen LogP contribution is 2.26. The minimum absolute atomic E-state index is 0.0702. The van der Waals surface area contributed by atoms with Crippen LogP contribution in [0, 0.1) is 0 Å². The maximum Gasteiger partial charge on any atom is 0.313 e. The number of hydrogen-bond donors (Lipinski definition) is 5. The average molecular weight is 298 g/mol. The molecule has 3 rings (SSSR count). The number of H-pyrrole nitrogens is 1. The molecule has 4 atom stereocenters. The van der Waals surface area contributed by atoms with Crippen LogP contribution < -0.4 is 15.9 Å². The van der Waals surface area contributed by atoms with E-state index in [9.17, 15) is 15.0 Å². The van der Waals surface area contributed by atoms with Gasteiger partial charge in [0.1, 0.15) is 18.3 Å². The number of imidazole rings is 1. The number of aromatic amines is 1. The van der Waals surface area contributed by atoms with Crippen LogP contribution >= 0.6 is 0 Å². The summed E-state index contributed by atoms with van der Waals surface area (Å²) in [7, 11) is 1.63. The molecule has 2 aromatic heterocycles. The smallest absolute Gasteiger partial charge is 0.313 e. The van der Waals surface area contributed by atoms with Gasteiger partial charge in [-0.05, 0) is 0 Å². The highest BCUT2D eigenvalue weighted by atomic mass is 16.6. The standard InChI is InChI=1S/C11H15N5O5/c1-15-3-16(8-5(15)9(20)14-11(12)13-8)10-7(19)6(18)4(2-17)21-10/h3-4,6-7,10,17-19H,2H2,1H3,(H2-,12,13,14,20)/p+1/t4-,6+,7-,10-/m0/s1. The van der Waals surface area contributed by atoms with Crippen molar-refractivity contribution < 1.29 is 24.6 Å². The zero-order valence-electron chi connectivity index (χ0n) is 11.2. The molecule has 0 radical (unpaired) electrons. The van der Waals surface area contributed by atoms with Gasteiger partial charge in [-0.2, -0.15) is 0 Å². The number of aliphatic hydroxyl groups is 3. The first-order valence-corrected chi connectivity index (χ1v) is 6.32. The number of ether oxygens (including phenoxy) is 1. The van der Waals surface area contributed by atoms with Gasteiger partial charge in [0.2, 0.25) is 11.7 Å². The molecule has 0 saturated carbocycles. The predicted molar refractivity (Wildman–Crippen MR) is 69.0 cm³/mol. The molecule has 2 aromatic rings. The number of rotatable bonds is 2. The summed E-state index contributed by atoms with van der Waals surface area (Å²) in [5.41, 5.74) is 5.58. The Labute approximate surface area is 118 Å². The lowest BCUT2D eigenvalue weighted by Crippen LogP contribution is -2.46. The molecule has 1 fully saturated rings. The molecule has 6 N–H and O–H groups in total. The number of fused-ring (bicyclic) bond motifs is 1. The zero-order chi connectivity index (χ0) is 15.3. The average Bonchev–Trinajstić information content (AvgIpc) is 2.89. The first kappa shape index (κ1) is 13.9. The molecule has 21 heavy (non-hydrogen) atoms. The molecule has 1 aliphatic rings. The van der Waals surface area contributed by atoms with Crippen molar-refractivity contribution in [3.8, 4) is 0 Å². The summed E-state index contributed by atoms with van der Waals surface area (Å²) in [6.07, 6.45) is -2.88. The molecule has 3 heterocycles. The van der Waals surface area contributed by atoms with Gasteiger partial charge in [0.15, 0.2) is 6.33 Å². The lowest BCUT2D eigenvalue weighted by atomic mass is 10.1. The van der Waals surface area contributed by atoms with Gasteiger partial charge in [-0.15, -0.1) is 0 Å². The van der Waals surface area contributed by atoms with Crippen LogP contribution in [0.5, 0.6) is 0 Å². The fourth-order valence-corrected chi connectivity index (χ4v) is 2.57. The van der Waals surface area contributed by atoms with Crippen molar-refractivity contribution in [3.63, 3.8) is 0 Å². The van der Waals surface area contributed by atoms with E-state index in [1.54, 1.807) is 7.05 Å². The number of anilines is 1. The van der Waals surface area contributed by atoms with Crippen LogP contribution in [0.15, 0.2) is 11.1 Å². The quantitative estimate of drug-likeness (QED) is 0.365. The minimum atomic E-state index is -1.26. The number of nitrogen functional groups attached to an aromatic ring is 1. The fourth-order valence-electron chi connectivity index (χ4n) is 2.57. The van der Waals surface area contributed by atoms with E-state index in [2.05, 4.69) is 9.97 Å². The van der Waals surface area contributed by atoms with Crippen molar-refractivity contribution in [3.05, 3.63) is 16.7 Å². The third-order valence-electron chi connectivity index (χ3n) is 3.58. The van der Waals surface area contributed by atoms with Gasteiger partial charge in [0.25, 0.3) is 11.5 Å². The van der Waals surface area contributed by atoms with E-state index in [1.807, 2.05) is 0 Å². The Balaban J connectivity index is 2.16. The highest BCUT2D eigenvalue weighted by Gasteiger charge is 2.46. The van der Waals surface area contributed by atoms with Crippen LogP contribution in [0.2, 0.25) is 0 Å². The molecular formula is C11H16N5O5+. The number of nitrogens with two attached hydrogens (primary N) is 1. The van der Waals surface area contributed by atoms with Crippen LogP contribution in [0.25, 0.3) is 11.2 Å². The van der Waals surface area contributed by atoms with Crippen molar-refractivity contribution in [1.29, 1.82) is 0 Å². The summed E-state index contributed by atoms with van der Waals surface area (Å²) >= 11 is 0. The van der Waals surface area contributed by atoms with Gasteiger partial charge in [-0.1, -0.05) is 4.98 Å². The summed E-state index contributed by atoms with van der Waals surface area (Å²) in [6.45, 7) is -0.434. The van der Waals surface area contributed by atoms with E-state index < -0.39 is 36.7 Å². The van der Waals surface area contributed by atoms with Gasteiger partial charge in [-0.25, -0.2) is 4.57 Å². The van der Waals surface area contributed by atoms with Gasteiger partial charge in [0.05, 0.1) is 13.7 Å². The number of nitrogens with zero attached hydrogens (tertiary/aromatic N) is 3. The van der Waals surface area contributed by atoms with Crippen LogP contribution in [0.1, 0.15) is 6.23 Å². The summed E-state index contributed by atoms with van der Waals surface area (Å²) < 4.78 is 8.35. The number of aryl methyl sites for hydroxylation is 1. The maximum absolute atomic E-state index is 11.9. The molecule has 0 aliphatic carbocycles. The third kappa shape index (κ3) is 2.00. The van der Waals surface area contributed by atoms with Crippen molar-refractivity contribution in [2.45, 2.75) is 24.5 Å². The zero-order valence-corrected chi connectivity index (χ0v) is 11.2. The van der Waals surface area contributed by atoms with Crippen LogP contribution in [0.4, 0.5) is 5.95 Å². The first-order chi connectivity index (χ1) is 9.93. The molecule has 1 aliphatic heterocycles. The Hall–Kier alpha value is -2.01. The Morgan fingerprint density at radius 1 is 1.52 bits per heavy atom. The SMILES string of the molecule is Cn1c[n+]([C@H]2O[C@@H](CO)[C@@H](O)[C@@H]2O)c2nc(N)[nH]c(=O)c21. The number of hydrogen-bond acceptors (Lipinski definition) is 7. The summed E-state index contributed by atoms with van der Waals surface area (Å²) in [4.78, 5) is 18.3. The summed E-state index contributed by atoms with van der Waals surface area (Å²) in [6, 6.07) is 0. The topological polar surface area (TPSA) is 150 Å². The second-order valence-electron chi connectivity index (χ2n) is 4.99. The highest BCUT2D eigenvalue weighted by molar-refractivity contribution is 5.67. The lowest BCUT2D eigenvalue weighted by molar-refractivity contribution is -0.745. The molecule has 10 heteroatoms. The molecule has 0 spiro atoms. The van der Waals surface area contributed by atoms with E-state index in [0.29, 0.717) is 0 Å². The van der Waals surface area contributed by atoms with Crippen molar-refractivity contribution >= 4 is 17.1 Å². The summed E-state index contributed by atoms with van der Waals surface area (Å²) in [5, 5.41) is 29.0. The molecule has 114 valence electrons. The van der Waals surface area contributed by atoms with Crippen molar-refractivity contribution in [1.82, 2.24) is 14.5 Å². The second kappa shape index (κ2) is 4.77. The van der Waals surface area contributed by atoms with Gasteiger partial charge >= 0.3 is 5.65 Å². The van der Waals surface area contributed by atoms with E-state index in [0.717, 1.165) is 0 Å². The molecule has 0 aromatic carbocycles. The van der Waals surface area contributed by atoms with Crippen LogP contribution in [-0.4, -0.2) is 54.8 Å².